The summed E-state index contributed by atoms with van der Waals surface area (Å²) >= 11 is 8.88. The van der Waals surface area contributed by atoms with Gasteiger partial charge in [0.25, 0.3) is 0 Å². The molecule has 0 heterocycles. The highest BCUT2D eigenvalue weighted by atomic mass is 79.9. The number of hydrogen-bond donors (Lipinski definition) is 0. The van der Waals surface area contributed by atoms with Crippen molar-refractivity contribution in [3.8, 4) is 0 Å². The minimum Gasteiger partial charge on any atom is -0.294 e. The Kier molecular flexibility index (Phi) is 4.32. The van der Waals surface area contributed by atoms with Crippen LogP contribution in [-0.4, -0.2) is 5.78 Å². The molecule has 0 atom stereocenters. The van der Waals surface area contributed by atoms with E-state index in [1.165, 1.54) is 30.3 Å². The van der Waals surface area contributed by atoms with Crippen molar-refractivity contribution >= 4 is 33.3 Å². The molecule has 2 aromatic rings. The van der Waals surface area contributed by atoms with Crippen LogP contribution >= 0.6 is 27.5 Å². The zero-order valence-corrected chi connectivity index (χ0v) is 11.9. The average Bonchev–Trinajstić information content (AvgIpc) is 2.35. The first-order chi connectivity index (χ1) is 9.00. The topological polar surface area (TPSA) is 17.1 Å². The van der Waals surface area contributed by atoms with Crippen LogP contribution in [0.1, 0.15) is 15.9 Å². The zero-order valence-electron chi connectivity index (χ0n) is 9.59. The molecule has 98 valence electrons. The normalized spacial score (nSPS) is 10.5. The molecule has 0 radical (unpaired) electrons. The molecule has 0 N–H and O–H groups in total. The van der Waals surface area contributed by atoms with E-state index < -0.39 is 17.4 Å². The molecule has 5 heteroatoms. The van der Waals surface area contributed by atoms with Crippen LogP contribution in [0.25, 0.3) is 0 Å². The van der Waals surface area contributed by atoms with E-state index in [-0.39, 0.29) is 21.5 Å². The molecule has 0 aliphatic heterocycles. The van der Waals surface area contributed by atoms with Gasteiger partial charge in [-0.2, -0.15) is 0 Å². The van der Waals surface area contributed by atoms with Crippen molar-refractivity contribution in [3.05, 3.63) is 68.7 Å². The number of benzene rings is 2. The molecular formula is C14H8BrClF2O. The summed E-state index contributed by atoms with van der Waals surface area (Å²) in [6.07, 6.45) is -0.126. The lowest BCUT2D eigenvalue weighted by molar-refractivity contribution is 0.0989. The Balaban J connectivity index is 2.34. The molecule has 0 amide bonds. The third-order valence-electron chi connectivity index (χ3n) is 2.62. The van der Waals surface area contributed by atoms with Crippen LogP contribution in [0, 0.1) is 11.6 Å². The van der Waals surface area contributed by atoms with Gasteiger partial charge in [-0.3, -0.25) is 4.79 Å². The molecule has 0 aliphatic rings. The Hall–Kier alpha value is -1.26. The highest BCUT2D eigenvalue weighted by Crippen LogP contribution is 2.25. The van der Waals surface area contributed by atoms with Gasteiger partial charge in [0.1, 0.15) is 11.6 Å². The van der Waals surface area contributed by atoms with Crippen molar-refractivity contribution < 1.29 is 13.6 Å². The van der Waals surface area contributed by atoms with E-state index in [2.05, 4.69) is 15.9 Å². The van der Waals surface area contributed by atoms with E-state index in [0.717, 1.165) is 0 Å². The van der Waals surface area contributed by atoms with Crippen LogP contribution in [0.5, 0.6) is 0 Å². The zero-order chi connectivity index (χ0) is 14.0. The Bertz CT molecular complexity index is 623. The second-order valence-electron chi connectivity index (χ2n) is 3.91. The van der Waals surface area contributed by atoms with Crippen LogP contribution in [0.2, 0.25) is 5.02 Å². The number of halogens is 4. The molecule has 2 rings (SSSR count). The van der Waals surface area contributed by atoms with Gasteiger partial charge < -0.3 is 0 Å². The predicted octanol–water partition coefficient (Wildman–Crippen LogP) is 4.81. The Morgan fingerprint density at radius 1 is 1.11 bits per heavy atom. The summed E-state index contributed by atoms with van der Waals surface area (Å²) < 4.78 is 27.1. The van der Waals surface area contributed by atoms with Gasteiger partial charge in [0.05, 0.1) is 15.1 Å². The Morgan fingerprint density at radius 3 is 2.42 bits per heavy atom. The number of carbonyl (C=O) groups excluding carboxylic acids is 1. The van der Waals surface area contributed by atoms with Gasteiger partial charge in [-0.05, 0) is 39.7 Å². The van der Waals surface area contributed by atoms with Gasteiger partial charge in [-0.25, -0.2) is 8.78 Å². The van der Waals surface area contributed by atoms with Crippen molar-refractivity contribution in [3.63, 3.8) is 0 Å². The number of carbonyl (C=O) groups is 1. The van der Waals surface area contributed by atoms with Gasteiger partial charge in [-0.15, -0.1) is 0 Å². The fourth-order valence-electron chi connectivity index (χ4n) is 1.71. The van der Waals surface area contributed by atoms with Crippen LogP contribution in [0.3, 0.4) is 0 Å². The quantitative estimate of drug-likeness (QED) is 0.730. The molecule has 0 aliphatic carbocycles. The monoisotopic (exact) mass is 344 g/mol. The maximum Gasteiger partial charge on any atom is 0.171 e. The largest absolute Gasteiger partial charge is 0.294 e. The molecule has 0 bridgehead atoms. The summed E-state index contributed by atoms with van der Waals surface area (Å²) in [7, 11) is 0. The number of Topliss-reactive ketones (excluding diaryl/α,β-unsaturated/α-hetero) is 1. The fraction of sp³-hybridized carbons (Fsp3) is 0.0714. The maximum absolute atomic E-state index is 13.6. The van der Waals surface area contributed by atoms with Gasteiger partial charge in [-0.1, -0.05) is 29.8 Å². The van der Waals surface area contributed by atoms with Crippen molar-refractivity contribution in [2.45, 2.75) is 6.42 Å². The van der Waals surface area contributed by atoms with E-state index in [1.54, 1.807) is 6.07 Å². The van der Waals surface area contributed by atoms with E-state index in [1.807, 2.05) is 0 Å². The first kappa shape index (κ1) is 14.2. The minimum absolute atomic E-state index is 0.0533. The molecule has 19 heavy (non-hydrogen) atoms. The van der Waals surface area contributed by atoms with Crippen molar-refractivity contribution in [1.82, 2.24) is 0 Å². The van der Waals surface area contributed by atoms with E-state index in [9.17, 15) is 13.6 Å². The third-order valence-corrected chi connectivity index (χ3v) is 3.83. The molecular weight excluding hydrogens is 338 g/mol. The number of rotatable bonds is 3. The molecule has 0 saturated carbocycles. The molecule has 2 aromatic carbocycles. The van der Waals surface area contributed by atoms with E-state index >= 15 is 0 Å². The van der Waals surface area contributed by atoms with E-state index in [4.69, 9.17) is 11.6 Å². The van der Waals surface area contributed by atoms with Gasteiger partial charge >= 0.3 is 0 Å². The second kappa shape index (κ2) is 5.80. The first-order valence-electron chi connectivity index (χ1n) is 5.41. The highest BCUT2D eigenvalue weighted by molar-refractivity contribution is 9.10. The first-order valence-corrected chi connectivity index (χ1v) is 6.58. The summed E-state index contributed by atoms with van der Waals surface area (Å²) in [4.78, 5) is 12.1. The summed E-state index contributed by atoms with van der Waals surface area (Å²) in [6.45, 7) is 0. The molecule has 0 saturated heterocycles. The summed E-state index contributed by atoms with van der Waals surface area (Å²) in [5.41, 5.74) is 0.282. The van der Waals surface area contributed by atoms with Crippen molar-refractivity contribution in [2.75, 3.05) is 0 Å². The minimum atomic E-state index is -0.676. The predicted molar refractivity (Wildman–Crippen MR) is 73.5 cm³/mol. The number of hydrogen-bond acceptors (Lipinski definition) is 1. The second-order valence-corrected chi connectivity index (χ2v) is 5.11. The lowest BCUT2D eigenvalue weighted by Gasteiger charge is -2.07. The lowest BCUT2D eigenvalue weighted by atomic mass is 10.0. The fourth-order valence-corrected chi connectivity index (χ4v) is 2.38. The van der Waals surface area contributed by atoms with Gasteiger partial charge in [0.2, 0.25) is 0 Å². The molecule has 0 unspecified atom stereocenters. The van der Waals surface area contributed by atoms with Crippen LogP contribution in [-0.2, 0) is 6.42 Å². The smallest absolute Gasteiger partial charge is 0.171 e. The van der Waals surface area contributed by atoms with Crippen LogP contribution in [0.4, 0.5) is 8.78 Å². The summed E-state index contributed by atoms with van der Waals surface area (Å²) in [5, 5.41) is 0.0533. The molecule has 1 nitrogen and oxygen atoms in total. The summed E-state index contributed by atoms with van der Waals surface area (Å²) in [5.74, 6) is -1.63. The third kappa shape index (κ3) is 3.01. The Labute approximate surface area is 122 Å². The molecule has 0 spiro atoms. The number of ketones is 1. The SMILES string of the molecule is O=C(Cc1cccc(F)c1Br)c1c(F)cccc1Cl. The lowest BCUT2D eigenvalue weighted by Crippen LogP contribution is -2.08. The Morgan fingerprint density at radius 2 is 1.74 bits per heavy atom. The van der Waals surface area contributed by atoms with Gasteiger partial charge in [0, 0.05) is 6.42 Å². The van der Waals surface area contributed by atoms with E-state index in [0.29, 0.717) is 5.56 Å². The van der Waals surface area contributed by atoms with Crippen molar-refractivity contribution in [2.24, 2.45) is 0 Å². The standard InChI is InChI=1S/C14H8BrClF2O/c15-14-8(3-1-6-11(14)18)7-12(19)13-9(16)4-2-5-10(13)17/h1-6H,7H2. The molecule has 0 fully saturated rings. The summed E-state index contributed by atoms with van der Waals surface area (Å²) in [6, 6.07) is 8.39. The highest BCUT2D eigenvalue weighted by Gasteiger charge is 2.17. The van der Waals surface area contributed by atoms with Gasteiger partial charge in [0.15, 0.2) is 5.78 Å². The van der Waals surface area contributed by atoms with Crippen LogP contribution < -0.4 is 0 Å². The van der Waals surface area contributed by atoms with Crippen molar-refractivity contribution in [1.29, 1.82) is 0 Å². The maximum atomic E-state index is 13.6. The molecule has 0 aromatic heterocycles. The van der Waals surface area contributed by atoms with Crippen LogP contribution in [0.15, 0.2) is 40.9 Å². The average molecular weight is 346 g/mol.